The Morgan fingerprint density at radius 2 is 2.00 bits per heavy atom. The summed E-state index contributed by atoms with van der Waals surface area (Å²) in [6.45, 7) is 4.24. The molecule has 0 radical (unpaired) electrons. The first kappa shape index (κ1) is 10.2. The zero-order valence-electron chi connectivity index (χ0n) is 8.90. The molecule has 0 aliphatic heterocycles. The van der Waals surface area contributed by atoms with E-state index in [9.17, 15) is 0 Å². The number of anilines is 1. The van der Waals surface area contributed by atoms with E-state index in [0.29, 0.717) is 6.04 Å². The molecule has 0 aliphatic rings. The van der Waals surface area contributed by atoms with Gasteiger partial charge in [0.05, 0.1) is 6.04 Å². The van der Waals surface area contributed by atoms with Gasteiger partial charge < -0.3 is 5.32 Å². The Morgan fingerprint density at radius 3 is 2.60 bits per heavy atom. The molecule has 0 spiro atoms. The van der Waals surface area contributed by atoms with E-state index in [0.717, 1.165) is 5.13 Å². The number of benzene rings is 1. The van der Waals surface area contributed by atoms with Crippen molar-refractivity contribution in [3.8, 4) is 0 Å². The minimum absolute atomic E-state index is 0.303. The average Bonchev–Trinajstić information content (AvgIpc) is 2.71. The van der Waals surface area contributed by atoms with Crippen LogP contribution in [0.3, 0.4) is 0 Å². The highest BCUT2D eigenvalue weighted by molar-refractivity contribution is 7.13. The summed E-state index contributed by atoms with van der Waals surface area (Å²) < 4.78 is 0. The monoisotopic (exact) mass is 218 g/mol. The molecule has 2 rings (SSSR count). The van der Waals surface area contributed by atoms with Crippen LogP contribution in [-0.4, -0.2) is 4.98 Å². The van der Waals surface area contributed by atoms with Crippen molar-refractivity contribution >= 4 is 16.5 Å². The van der Waals surface area contributed by atoms with Crippen molar-refractivity contribution in [1.29, 1.82) is 0 Å². The number of aromatic nitrogens is 1. The molecule has 1 heterocycles. The standard InChI is InChI=1S/C12H14N2S/c1-9-3-5-11(6-4-9)10(2)14-12-13-7-8-15-12/h3-8,10H,1-2H3,(H,13,14). The van der Waals surface area contributed by atoms with Gasteiger partial charge in [0.1, 0.15) is 0 Å². The normalized spacial score (nSPS) is 12.4. The number of hydrogen-bond donors (Lipinski definition) is 1. The first-order valence-electron chi connectivity index (χ1n) is 4.98. The van der Waals surface area contributed by atoms with Gasteiger partial charge in [-0.15, -0.1) is 11.3 Å². The van der Waals surface area contributed by atoms with Crippen LogP contribution in [0.2, 0.25) is 0 Å². The summed E-state index contributed by atoms with van der Waals surface area (Å²) >= 11 is 1.63. The van der Waals surface area contributed by atoms with Crippen LogP contribution in [0.1, 0.15) is 24.1 Å². The number of aryl methyl sites for hydroxylation is 1. The quantitative estimate of drug-likeness (QED) is 0.851. The zero-order chi connectivity index (χ0) is 10.7. The van der Waals surface area contributed by atoms with Gasteiger partial charge in [0, 0.05) is 11.6 Å². The predicted octanol–water partition coefficient (Wildman–Crippen LogP) is 3.62. The first-order valence-corrected chi connectivity index (χ1v) is 5.86. The Morgan fingerprint density at radius 1 is 1.27 bits per heavy atom. The van der Waals surface area contributed by atoms with E-state index >= 15 is 0 Å². The maximum absolute atomic E-state index is 4.21. The summed E-state index contributed by atoms with van der Waals surface area (Å²) in [5.74, 6) is 0. The van der Waals surface area contributed by atoms with Gasteiger partial charge in [0.15, 0.2) is 5.13 Å². The van der Waals surface area contributed by atoms with Crippen molar-refractivity contribution < 1.29 is 0 Å². The predicted molar refractivity (Wildman–Crippen MR) is 65.3 cm³/mol. The van der Waals surface area contributed by atoms with Crippen LogP contribution in [0.4, 0.5) is 5.13 Å². The summed E-state index contributed by atoms with van der Waals surface area (Å²) in [6, 6.07) is 8.88. The van der Waals surface area contributed by atoms with E-state index in [1.807, 2.05) is 11.6 Å². The number of hydrogen-bond acceptors (Lipinski definition) is 3. The molecule has 1 N–H and O–H groups in total. The van der Waals surface area contributed by atoms with Crippen molar-refractivity contribution in [1.82, 2.24) is 4.98 Å². The minimum atomic E-state index is 0.303. The number of nitrogens with zero attached hydrogens (tertiary/aromatic N) is 1. The maximum atomic E-state index is 4.21. The molecule has 2 aromatic rings. The highest BCUT2D eigenvalue weighted by atomic mass is 32.1. The summed E-state index contributed by atoms with van der Waals surface area (Å²) in [7, 11) is 0. The Hall–Kier alpha value is -1.35. The van der Waals surface area contributed by atoms with E-state index in [4.69, 9.17) is 0 Å². The molecule has 0 saturated heterocycles. The fraction of sp³-hybridized carbons (Fsp3) is 0.250. The van der Waals surface area contributed by atoms with Crippen molar-refractivity contribution in [3.05, 3.63) is 47.0 Å². The van der Waals surface area contributed by atoms with Crippen LogP contribution in [0.15, 0.2) is 35.8 Å². The van der Waals surface area contributed by atoms with E-state index in [2.05, 4.69) is 48.4 Å². The molecule has 1 atom stereocenters. The fourth-order valence-corrected chi connectivity index (χ4v) is 2.04. The SMILES string of the molecule is Cc1ccc(C(C)Nc2nccs2)cc1. The molecule has 0 amide bonds. The zero-order valence-corrected chi connectivity index (χ0v) is 9.71. The second kappa shape index (κ2) is 4.45. The van der Waals surface area contributed by atoms with Gasteiger partial charge in [-0.3, -0.25) is 0 Å². The van der Waals surface area contributed by atoms with Gasteiger partial charge in [0.25, 0.3) is 0 Å². The van der Waals surface area contributed by atoms with E-state index in [-0.39, 0.29) is 0 Å². The molecular weight excluding hydrogens is 204 g/mol. The van der Waals surface area contributed by atoms with Crippen molar-refractivity contribution in [2.75, 3.05) is 5.32 Å². The van der Waals surface area contributed by atoms with E-state index in [1.54, 1.807) is 11.3 Å². The summed E-state index contributed by atoms with van der Waals surface area (Å²) in [5.41, 5.74) is 2.58. The Labute approximate surface area is 94.0 Å². The molecular formula is C12H14N2S. The average molecular weight is 218 g/mol. The van der Waals surface area contributed by atoms with Crippen molar-refractivity contribution in [3.63, 3.8) is 0 Å². The minimum Gasteiger partial charge on any atom is -0.355 e. The summed E-state index contributed by atoms with van der Waals surface area (Å²) in [6.07, 6.45) is 1.81. The topological polar surface area (TPSA) is 24.9 Å². The molecule has 0 bridgehead atoms. The number of nitrogens with one attached hydrogen (secondary N) is 1. The molecule has 0 saturated carbocycles. The summed E-state index contributed by atoms with van der Waals surface area (Å²) in [4.78, 5) is 4.21. The lowest BCUT2D eigenvalue weighted by Crippen LogP contribution is -2.05. The smallest absolute Gasteiger partial charge is 0.183 e. The Kier molecular flexibility index (Phi) is 3.02. The van der Waals surface area contributed by atoms with Gasteiger partial charge in [-0.25, -0.2) is 4.98 Å². The van der Waals surface area contributed by atoms with E-state index < -0.39 is 0 Å². The van der Waals surface area contributed by atoms with Crippen LogP contribution >= 0.6 is 11.3 Å². The lowest BCUT2D eigenvalue weighted by molar-refractivity contribution is 0.881. The first-order chi connectivity index (χ1) is 7.25. The molecule has 2 nitrogen and oxygen atoms in total. The third-order valence-corrected chi connectivity index (χ3v) is 3.05. The molecule has 1 aromatic carbocycles. The molecule has 1 unspecified atom stereocenters. The number of rotatable bonds is 3. The Bertz CT molecular complexity index is 406. The highest BCUT2D eigenvalue weighted by Crippen LogP contribution is 2.20. The number of thiazole rings is 1. The van der Waals surface area contributed by atoms with Gasteiger partial charge in [0.2, 0.25) is 0 Å². The Balaban J connectivity index is 2.08. The second-order valence-corrected chi connectivity index (χ2v) is 4.51. The highest BCUT2D eigenvalue weighted by Gasteiger charge is 2.05. The van der Waals surface area contributed by atoms with Crippen LogP contribution < -0.4 is 5.32 Å². The van der Waals surface area contributed by atoms with Crippen LogP contribution in [0.5, 0.6) is 0 Å². The fourth-order valence-electron chi connectivity index (χ4n) is 1.42. The van der Waals surface area contributed by atoms with Crippen molar-refractivity contribution in [2.45, 2.75) is 19.9 Å². The molecule has 0 aliphatic carbocycles. The molecule has 1 aromatic heterocycles. The third-order valence-electron chi connectivity index (χ3n) is 2.35. The van der Waals surface area contributed by atoms with Crippen LogP contribution in [0, 0.1) is 6.92 Å². The lowest BCUT2D eigenvalue weighted by atomic mass is 10.1. The maximum Gasteiger partial charge on any atom is 0.183 e. The van der Waals surface area contributed by atoms with E-state index in [1.165, 1.54) is 11.1 Å². The molecule has 15 heavy (non-hydrogen) atoms. The van der Waals surface area contributed by atoms with Gasteiger partial charge in [-0.05, 0) is 19.4 Å². The molecule has 3 heteroatoms. The summed E-state index contributed by atoms with van der Waals surface area (Å²) in [5, 5.41) is 6.32. The largest absolute Gasteiger partial charge is 0.355 e. The molecule has 0 fully saturated rings. The lowest BCUT2D eigenvalue weighted by Gasteiger charge is -2.13. The third kappa shape index (κ3) is 2.57. The van der Waals surface area contributed by atoms with Crippen LogP contribution in [0.25, 0.3) is 0 Å². The van der Waals surface area contributed by atoms with Gasteiger partial charge in [-0.2, -0.15) is 0 Å². The molecule has 78 valence electrons. The van der Waals surface area contributed by atoms with Gasteiger partial charge >= 0.3 is 0 Å². The second-order valence-electron chi connectivity index (χ2n) is 3.61. The van der Waals surface area contributed by atoms with Gasteiger partial charge in [-0.1, -0.05) is 29.8 Å². The van der Waals surface area contributed by atoms with Crippen molar-refractivity contribution in [2.24, 2.45) is 0 Å². The van der Waals surface area contributed by atoms with Crippen LogP contribution in [-0.2, 0) is 0 Å².